The summed E-state index contributed by atoms with van der Waals surface area (Å²) >= 11 is 24.4. The molecule has 0 saturated carbocycles. The number of anilines is 1. The van der Waals surface area contributed by atoms with Crippen molar-refractivity contribution in [2.24, 2.45) is 0 Å². The fraction of sp³-hybridized carbons (Fsp3) is 0.238. The number of hydrogen-bond donors (Lipinski definition) is 1. The van der Waals surface area contributed by atoms with Crippen LogP contribution in [0.1, 0.15) is 20.8 Å². The van der Waals surface area contributed by atoms with E-state index in [1.165, 1.54) is 18.3 Å². The number of amides is 1. The molecule has 0 saturated heterocycles. The van der Waals surface area contributed by atoms with Gasteiger partial charge in [-0.05, 0) is 45.0 Å². The molecule has 1 aromatic carbocycles. The zero-order valence-corrected chi connectivity index (χ0v) is 20.1. The zero-order chi connectivity index (χ0) is 23.7. The number of nitrogens with zero attached hydrogens (tertiary/aromatic N) is 2. The van der Waals surface area contributed by atoms with Crippen LogP contribution in [0.4, 0.5) is 5.69 Å². The predicted molar refractivity (Wildman–Crippen MR) is 124 cm³/mol. The Morgan fingerprint density at radius 3 is 2.31 bits per heavy atom. The first-order valence-corrected chi connectivity index (χ1v) is 10.7. The van der Waals surface area contributed by atoms with Crippen molar-refractivity contribution in [1.29, 1.82) is 0 Å². The number of aromatic nitrogens is 2. The van der Waals surface area contributed by atoms with Crippen molar-refractivity contribution in [3.63, 3.8) is 0 Å². The van der Waals surface area contributed by atoms with Gasteiger partial charge in [0.05, 0.1) is 10.0 Å². The van der Waals surface area contributed by atoms with Crippen LogP contribution in [0.2, 0.25) is 10.0 Å². The highest BCUT2D eigenvalue weighted by atomic mass is 35.5. The summed E-state index contributed by atoms with van der Waals surface area (Å²) in [6.45, 7) is 4.88. The first kappa shape index (κ1) is 24.3. The van der Waals surface area contributed by atoms with Gasteiger partial charge in [-0.1, -0.05) is 57.6 Å². The van der Waals surface area contributed by atoms with Gasteiger partial charge in [-0.3, -0.25) is 9.78 Å². The van der Waals surface area contributed by atoms with E-state index >= 15 is 0 Å². The molecule has 32 heavy (non-hydrogen) atoms. The molecule has 0 aliphatic heterocycles. The van der Waals surface area contributed by atoms with Crippen LogP contribution in [0.5, 0.6) is 0 Å². The summed E-state index contributed by atoms with van der Waals surface area (Å²) in [7, 11) is 0. The molecule has 0 fully saturated rings. The summed E-state index contributed by atoms with van der Waals surface area (Å²) < 4.78 is 8.02. The van der Waals surface area contributed by atoms with Gasteiger partial charge in [-0.15, -0.1) is 0 Å². The number of nitrogens with one attached hydrogen (secondary N) is 1. The van der Waals surface area contributed by atoms with Gasteiger partial charge in [-0.25, -0.2) is 4.79 Å². The number of pyridine rings is 1. The van der Waals surface area contributed by atoms with Crippen molar-refractivity contribution in [2.75, 3.05) is 5.32 Å². The molecular weight excluding hydrogens is 500 g/mol. The van der Waals surface area contributed by atoms with Crippen LogP contribution >= 0.6 is 46.4 Å². The highest BCUT2D eigenvalue weighted by molar-refractivity contribution is 6.68. The molecule has 0 aliphatic carbocycles. The Balaban J connectivity index is 1.82. The van der Waals surface area contributed by atoms with Crippen LogP contribution in [0, 0.1) is 0 Å². The number of halogens is 4. The van der Waals surface area contributed by atoms with E-state index in [0.717, 1.165) is 0 Å². The smallest absolute Gasteiger partial charge is 0.353 e. The molecule has 3 rings (SSSR count). The maximum absolute atomic E-state index is 12.5. The average Bonchev–Trinajstić information content (AvgIpc) is 3.16. The summed E-state index contributed by atoms with van der Waals surface area (Å²) in [5, 5.41) is 7.29. The zero-order valence-electron chi connectivity index (χ0n) is 17.1. The lowest BCUT2D eigenvalue weighted by Crippen LogP contribution is -2.44. The minimum absolute atomic E-state index is 0.267. The van der Waals surface area contributed by atoms with Crippen molar-refractivity contribution in [3.05, 3.63) is 52.6 Å². The standard InChI is InChI=1S/C21H17Cl4N3O4/c1-20(2,3)31-19(30)21(24,25)18(29)27-11-7-8-26-14(9-11)16-10-15(28-32-16)17-12(22)5-4-6-13(17)23/h4-10H,1-3H3,(H,26,27,29). The Morgan fingerprint density at radius 2 is 1.69 bits per heavy atom. The first-order chi connectivity index (χ1) is 14.9. The van der Waals surface area contributed by atoms with E-state index in [-0.39, 0.29) is 5.69 Å². The second kappa shape index (κ2) is 9.27. The minimum atomic E-state index is -2.45. The maximum Gasteiger partial charge on any atom is 0.353 e. The van der Waals surface area contributed by atoms with Crippen molar-refractivity contribution in [3.8, 4) is 22.7 Å². The van der Waals surface area contributed by atoms with Gasteiger partial charge >= 0.3 is 5.97 Å². The summed E-state index contributed by atoms with van der Waals surface area (Å²) in [4.78, 5) is 28.9. The molecule has 3 aromatic rings. The molecular formula is C21H17Cl4N3O4. The van der Waals surface area contributed by atoms with E-state index in [1.807, 2.05) is 0 Å². The number of benzene rings is 1. The number of ether oxygens (including phenoxy) is 1. The van der Waals surface area contributed by atoms with Gasteiger partial charge in [0.2, 0.25) is 0 Å². The monoisotopic (exact) mass is 515 g/mol. The summed E-state index contributed by atoms with van der Waals surface area (Å²) in [5.41, 5.74) is 0.670. The third-order valence-electron chi connectivity index (χ3n) is 3.94. The van der Waals surface area contributed by atoms with Crippen molar-refractivity contribution < 1.29 is 18.8 Å². The Labute approximate surface area is 203 Å². The minimum Gasteiger partial charge on any atom is -0.457 e. The molecule has 7 nitrogen and oxygen atoms in total. The lowest BCUT2D eigenvalue weighted by molar-refractivity contribution is -0.156. The first-order valence-electron chi connectivity index (χ1n) is 9.19. The lowest BCUT2D eigenvalue weighted by Gasteiger charge is -2.24. The van der Waals surface area contributed by atoms with Crippen molar-refractivity contribution >= 4 is 64.0 Å². The molecule has 0 bridgehead atoms. The highest BCUT2D eigenvalue weighted by Gasteiger charge is 2.45. The second-order valence-electron chi connectivity index (χ2n) is 7.63. The molecule has 0 spiro atoms. The third-order valence-corrected chi connectivity index (χ3v) is 5.22. The van der Waals surface area contributed by atoms with Gasteiger partial charge in [-0.2, -0.15) is 0 Å². The molecule has 0 unspecified atom stereocenters. The Bertz CT molecular complexity index is 1150. The average molecular weight is 517 g/mol. The molecule has 11 heteroatoms. The van der Waals surface area contributed by atoms with Crippen LogP contribution in [0.15, 0.2) is 47.1 Å². The predicted octanol–water partition coefficient (Wildman–Crippen LogP) is 6.16. The van der Waals surface area contributed by atoms with Gasteiger partial charge in [0.1, 0.15) is 17.0 Å². The van der Waals surface area contributed by atoms with E-state index in [0.29, 0.717) is 32.8 Å². The molecule has 0 atom stereocenters. The van der Waals surface area contributed by atoms with E-state index in [4.69, 9.17) is 55.7 Å². The fourth-order valence-electron chi connectivity index (χ4n) is 2.54. The fourth-order valence-corrected chi connectivity index (χ4v) is 3.31. The Morgan fingerprint density at radius 1 is 1.03 bits per heavy atom. The van der Waals surface area contributed by atoms with E-state index in [2.05, 4.69) is 15.5 Å². The van der Waals surface area contributed by atoms with Crippen LogP contribution in [0.3, 0.4) is 0 Å². The highest BCUT2D eigenvalue weighted by Crippen LogP contribution is 2.36. The van der Waals surface area contributed by atoms with Crippen molar-refractivity contribution in [1.82, 2.24) is 10.1 Å². The topological polar surface area (TPSA) is 94.3 Å². The van der Waals surface area contributed by atoms with E-state index in [9.17, 15) is 9.59 Å². The normalized spacial score (nSPS) is 11.8. The third kappa shape index (κ3) is 5.53. The number of carbonyl (C=O) groups is 2. The lowest BCUT2D eigenvalue weighted by atomic mass is 10.1. The van der Waals surface area contributed by atoms with Gasteiger partial charge in [0.25, 0.3) is 10.2 Å². The van der Waals surface area contributed by atoms with Crippen LogP contribution in [-0.4, -0.2) is 32.0 Å². The van der Waals surface area contributed by atoms with Gasteiger partial charge < -0.3 is 14.6 Å². The van der Waals surface area contributed by atoms with Crippen LogP contribution in [-0.2, 0) is 14.3 Å². The number of rotatable bonds is 5. The Kier molecular flexibility index (Phi) is 7.05. The molecule has 1 amide bonds. The number of esters is 1. The summed E-state index contributed by atoms with van der Waals surface area (Å²) in [6, 6.07) is 9.67. The quantitative estimate of drug-likeness (QED) is 0.248. The molecule has 168 valence electrons. The van der Waals surface area contributed by atoms with Crippen LogP contribution < -0.4 is 5.32 Å². The number of hydrogen-bond acceptors (Lipinski definition) is 6. The number of alkyl halides is 2. The van der Waals surface area contributed by atoms with E-state index in [1.54, 1.807) is 45.0 Å². The van der Waals surface area contributed by atoms with E-state index < -0.39 is 21.8 Å². The van der Waals surface area contributed by atoms with Gasteiger partial charge in [0.15, 0.2) is 5.76 Å². The largest absolute Gasteiger partial charge is 0.457 e. The maximum atomic E-state index is 12.5. The molecule has 0 aliphatic rings. The van der Waals surface area contributed by atoms with Crippen LogP contribution in [0.25, 0.3) is 22.7 Å². The molecule has 2 heterocycles. The summed E-state index contributed by atoms with van der Waals surface area (Å²) in [6.07, 6.45) is 1.42. The summed E-state index contributed by atoms with van der Waals surface area (Å²) in [5.74, 6) is -1.77. The van der Waals surface area contributed by atoms with Gasteiger partial charge in [0, 0.05) is 23.5 Å². The molecule has 0 radical (unpaired) electrons. The SMILES string of the molecule is CC(C)(C)OC(=O)C(Cl)(Cl)C(=O)Nc1ccnc(-c2cc(-c3c(Cl)cccc3Cl)no2)c1. The number of carbonyl (C=O) groups excluding carboxylic acids is 2. The van der Waals surface area contributed by atoms with Crippen molar-refractivity contribution in [2.45, 2.75) is 30.7 Å². The Hall–Kier alpha value is -2.32. The molecule has 2 aromatic heterocycles. The molecule has 1 N–H and O–H groups in total. The second-order valence-corrected chi connectivity index (χ2v) is 9.77.